The minimum absolute atomic E-state index is 0.192. The lowest BCUT2D eigenvalue weighted by Crippen LogP contribution is -2.24. The molecule has 0 aliphatic rings. The van der Waals surface area contributed by atoms with Crippen molar-refractivity contribution in [3.63, 3.8) is 0 Å². The first-order valence-corrected chi connectivity index (χ1v) is 9.58. The third-order valence-electron chi connectivity index (χ3n) is 4.80. The minimum Gasteiger partial charge on any atom is -0.355 e. The van der Waals surface area contributed by atoms with Gasteiger partial charge in [-0.3, -0.25) is 9.78 Å². The van der Waals surface area contributed by atoms with E-state index < -0.39 is 0 Å². The molecule has 8 heteroatoms. The summed E-state index contributed by atoms with van der Waals surface area (Å²) < 4.78 is 3.85. The van der Waals surface area contributed by atoms with Gasteiger partial charge in [-0.2, -0.15) is 10.1 Å². The summed E-state index contributed by atoms with van der Waals surface area (Å²) in [5, 5.41) is 9.97. The van der Waals surface area contributed by atoms with Crippen LogP contribution in [-0.2, 0) is 19.0 Å². The van der Waals surface area contributed by atoms with Gasteiger partial charge in [0.05, 0.1) is 11.7 Å². The summed E-state index contributed by atoms with van der Waals surface area (Å²) in [5.74, 6) is 0.451. The van der Waals surface area contributed by atoms with Crippen molar-refractivity contribution in [2.45, 2.75) is 32.7 Å². The molecular formula is C20H23ClN6O. The van der Waals surface area contributed by atoms with Gasteiger partial charge in [0.2, 0.25) is 5.95 Å². The highest BCUT2D eigenvalue weighted by molar-refractivity contribution is 6.31. The largest absolute Gasteiger partial charge is 0.355 e. The molecule has 0 aliphatic carbocycles. The Balaban J connectivity index is 1.57. The lowest BCUT2D eigenvalue weighted by Gasteiger charge is -2.19. The summed E-state index contributed by atoms with van der Waals surface area (Å²) in [6.07, 6.45) is 4.47. The molecule has 3 aromatic heterocycles. The number of nitrogens with zero attached hydrogens (tertiary/aromatic N) is 4. The van der Waals surface area contributed by atoms with Gasteiger partial charge < -0.3 is 9.88 Å². The molecule has 0 saturated carbocycles. The molecule has 1 aromatic carbocycles. The van der Waals surface area contributed by atoms with Crippen LogP contribution in [0.1, 0.15) is 26.3 Å². The van der Waals surface area contributed by atoms with Crippen LogP contribution in [0.3, 0.4) is 0 Å². The monoisotopic (exact) mass is 398 g/mol. The highest BCUT2D eigenvalue weighted by Crippen LogP contribution is 2.24. The third kappa shape index (κ3) is 3.26. The maximum absolute atomic E-state index is 12.4. The Morgan fingerprint density at radius 1 is 1.25 bits per heavy atom. The number of fused-ring (bicyclic) bond motifs is 2. The quantitative estimate of drug-likeness (QED) is 0.549. The van der Waals surface area contributed by atoms with Crippen molar-refractivity contribution in [1.29, 1.82) is 0 Å². The molecule has 146 valence electrons. The molecule has 4 aromatic rings. The molecule has 0 aliphatic heterocycles. The molecule has 0 saturated heterocycles. The topological polar surface area (TPSA) is 80.5 Å². The SMILES string of the molecule is Cn1cc(CCNc2nc3c(cnn3C(C)(C)C)c(=O)[nH]2)c2ccc(Cl)cc21. The van der Waals surface area contributed by atoms with E-state index in [9.17, 15) is 4.79 Å². The van der Waals surface area contributed by atoms with E-state index >= 15 is 0 Å². The molecule has 3 heterocycles. The predicted octanol–water partition coefficient (Wildman–Crippen LogP) is 3.67. The number of hydrogen-bond acceptors (Lipinski definition) is 4. The summed E-state index contributed by atoms with van der Waals surface area (Å²) in [5.41, 5.74) is 2.44. The molecule has 0 fully saturated rings. The molecule has 2 N–H and O–H groups in total. The van der Waals surface area contributed by atoms with Crippen LogP contribution in [0, 0.1) is 0 Å². The van der Waals surface area contributed by atoms with Crippen LogP contribution in [0.25, 0.3) is 21.9 Å². The molecule has 0 bridgehead atoms. The number of aromatic amines is 1. The fraction of sp³-hybridized carbons (Fsp3) is 0.350. The molecular weight excluding hydrogens is 376 g/mol. The number of aromatic nitrogens is 5. The number of hydrogen-bond donors (Lipinski definition) is 2. The van der Waals surface area contributed by atoms with Gasteiger partial charge in [-0.15, -0.1) is 0 Å². The van der Waals surface area contributed by atoms with Crippen molar-refractivity contribution in [3.05, 3.63) is 51.5 Å². The van der Waals surface area contributed by atoms with E-state index in [1.54, 1.807) is 10.9 Å². The Bertz CT molecular complexity index is 1230. The van der Waals surface area contributed by atoms with E-state index in [1.807, 2.05) is 46.0 Å². The molecule has 0 atom stereocenters. The van der Waals surface area contributed by atoms with E-state index in [4.69, 9.17) is 11.6 Å². The average Bonchev–Trinajstić information content (AvgIpc) is 3.17. The fourth-order valence-electron chi connectivity index (χ4n) is 3.45. The Hall–Kier alpha value is -2.80. The van der Waals surface area contributed by atoms with Gasteiger partial charge in [0, 0.05) is 35.7 Å². The number of rotatable bonds is 4. The van der Waals surface area contributed by atoms with Crippen molar-refractivity contribution >= 4 is 39.5 Å². The second-order valence-corrected chi connectivity index (χ2v) is 8.42. The average molecular weight is 399 g/mol. The second-order valence-electron chi connectivity index (χ2n) is 7.98. The lowest BCUT2D eigenvalue weighted by atomic mass is 10.1. The first-order valence-electron chi connectivity index (χ1n) is 9.20. The van der Waals surface area contributed by atoms with Gasteiger partial charge in [0.15, 0.2) is 5.65 Å². The Morgan fingerprint density at radius 3 is 2.79 bits per heavy atom. The molecule has 4 rings (SSSR count). The van der Waals surface area contributed by atoms with Crippen molar-refractivity contribution in [1.82, 2.24) is 24.3 Å². The van der Waals surface area contributed by atoms with Crippen LogP contribution in [0.5, 0.6) is 0 Å². The zero-order valence-electron chi connectivity index (χ0n) is 16.4. The zero-order valence-corrected chi connectivity index (χ0v) is 17.1. The minimum atomic E-state index is -0.260. The summed E-state index contributed by atoms with van der Waals surface area (Å²) >= 11 is 6.11. The van der Waals surface area contributed by atoms with Crippen molar-refractivity contribution in [2.75, 3.05) is 11.9 Å². The summed E-state index contributed by atoms with van der Waals surface area (Å²) in [6, 6.07) is 5.91. The highest BCUT2D eigenvalue weighted by Gasteiger charge is 2.19. The number of nitrogens with one attached hydrogen (secondary N) is 2. The number of anilines is 1. The number of halogens is 1. The Morgan fingerprint density at radius 2 is 2.04 bits per heavy atom. The fourth-order valence-corrected chi connectivity index (χ4v) is 3.62. The molecule has 0 radical (unpaired) electrons. The van der Waals surface area contributed by atoms with Crippen LogP contribution >= 0.6 is 11.6 Å². The highest BCUT2D eigenvalue weighted by atomic mass is 35.5. The number of benzene rings is 1. The molecule has 7 nitrogen and oxygen atoms in total. The Labute approximate surface area is 167 Å². The zero-order chi connectivity index (χ0) is 20.1. The normalized spacial score (nSPS) is 12.2. The van der Waals surface area contributed by atoms with E-state index in [2.05, 4.69) is 31.1 Å². The predicted molar refractivity (Wildman–Crippen MR) is 113 cm³/mol. The van der Waals surface area contributed by atoms with Gasteiger partial charge in [-0.05, 0) is 44.9 Å². The smallest absolute Gasteiger partial charge is 0.263 e. The van der Waals surface area contributed by atoms with Crippen molar-refractivity contribution in [3.8, 4) is 0 Å². The molecule has 0 unspecified atom stereocenters. The van der Waals surface area contributed by atoms with Crippen LogP contribution in [0.2, 0.25) is 5.02 Å². The molecule has 28 heavy (non-hydrogen) atoms. The van der Waals surface area contributed by atoms with Gasteiger partial charge >= 0.3 is 0 Å². The maximum Gasteiger partial charge on any atom is 0.263 e. The number of H-pyrrole nitrogens is 1. The van der Waals surface area contributed by atoms with Crippen LogP contribution < -0.4 is 10.9 Å². The van der Waals surface area contributed by atoms with E-state index in [1.165, 1.54) is 10.9 Å². The van der Waals surface area contributed by atoms with Gasteiger partial charge in [-0.25, -0.2) is 4.68 Å². The van der Waals surface area contributed by atoms with Gasteiger partial charge in [0.25, 0.3) is 5.56 Å². The van der Waals surface area contributed by atoms with Gasteiger partial charge in [-0.1, -0.05) is 17.7 Å². The van der Waals surface area contributed by atoms with Crippen molar-refractivity contribution in [2.24, 2.45) is 7.05 Å². The first-order chi connectivity index (χ1) is 13.2. The standard InChI is InChI=1S/C20H23ClN6O/c1-20(2,3)27-17-15(10-23-27)18(28)25-19(24-17)22-8-7-12-11-26(4)16-9-13(21)5-6-14(12)16/h5-6,9-11H,7-8H2,1-4H3,(H2,22,24,25,28). The molecule has 0 amide bonds. The lowest BCUT2D eigenvalue weighted by molar-refractivity contribution is 0.366. The first kappa shape index (κ1) is 18.6. The summed E-state index contributed by atoms with van der Waals surface area (Å²) in [6.45, 7) is 6.73. The van der Waals surface area contributed by atoms with Crippen LogP contribution in [0.4, 0.5) is 5.95 Å². The second kappa shape index (κ2) is 6.67. The van der Waals surface area contributed by atoms with Crippen LogP contribution in [0.15, 0.2) is 35.4 Å². The summed E-state index contributed by atoms with van der Waals surface area (Å²) in [7, 11) is 2.01. The van der Waals surface area contributed by atoms with Crippen LogP contribution in [-0.4, -0.2) is 30.9 Å². The Kier molecular flexibility index (Phi) is 4.42. The number of aryl methyl sites for hydroxylation is 1. The third-order valence-corrected chi connectivity index (χ3v) is 5.03. The van der Waals surface area contributed by atoms with E-state index in [-0.39, 0.29) is 11.1 Å². The van der Waals surface area contributed by atoms with E-state index in [0.717, 1.165) is 17.0 Å². The van der Waals surface area contributed by atoms with Gasteiger partial charge in [0.1, 0.15) is 5.39 Å². The maximum atomic E-state index is 12.4. The summed E-state index contributed by atoms with van der Waals surface area (Å²) in [4.78, 5) is 19.8. The molecule has 0 spiro atoms. The van der Waals surface area contributed by atoms with Crippen molar-refractivity contribution < 1.29 is 0 Å². The van der Waals surface area contributed by atoms with E-state index in [0.29, 0.717) is 23.5 Å².